The molecule has 0 aromatic heterocycles. The molecule has 0 bridgehead atoms. The van der Waals surface area contributed by atoms with Crippen molar-refractivity contribution in [2.45, 2.75) is 156 Å². The van der Waals surface area contributed by atoms with Crippen molar-refractivity contribution in [2.75, 3.05) is 13.2 Å². The second kappa shape index (κ2) is 21.1. The van der Waals surface area contributed by atoms with Crippen molar-refractivity contribution in [1.82, 2.24) is 0 Å². The van der Waals surface area contributed by atoms with Gasteiger partial charge in [0.05, 0.1) is 23.0 Å². The number of benzene rings is 4. The van der Waals surface area contributed by atoms with E-state index in [-0.39, 0.29) is 31.1 Å². The second-order valence-electron chi connectivity index (χ2n) is 15.5. The van der Waals surface area contributed by atoms with Gasteiger partial charge in [0.2, 0.25) is 19.7 Å². The molecule has 0 unspecified atom stereocenters. The summed E-state index contributed by atoms with van der Waals surface area (Å²) in [4.78, 5) is 0.419. The van der Waals surface area contributed by atoms with Gasteiger partial charge in [0, 0.05) is 5.41 Å². The molecule has 4 aromatic carbocycles. The molecule has 300 valence electrons. The zero-order valence-electron chi connectivity index (χ0n) is 34.2. The first kappa shape index (κ1) is 44.1. The van der Waals surface area contributed by atoms with E-state index in [2.05, 4.69) is 13.8 Å². The van der Waals surface area contributed by atoms with Crippen LogP contribution >= 0.6 is 0 Å². The summed E-state index contributed by atoms with van der Waals surface area (Å²) >= 11 is 0. The fourth-order valence-corrected chi connectivity index (χ4v) is 10.6. The molecule has 0 saturated carbocycles. The second-order valence-corrected chi connectivity index (χ2v) is 19.2. The molecule has 0 amide bonds. The third kappa shape index (κ3) is 11.7. The maximum Gasteiger partial charge on any atom is 0.210 e. The smallest absolute Gasteiger partial charge is 0.210 e. The van der Waals surface area contributed by atoms with E-state index in [9.17, 15) is 16.8 Å². The van der Waals surface area contributed by atoms with Gasteiger partial charge in [-0.15, -0.1) is 0 Å². The number of hydrogen-bond donors (Lipinski definition) is 0. The highest BCUT2D eigenvalue weighted by Gasteiger charge is 2.39. The van der Waals surface area contributed by atoms with Crippen LogP contribution in [0.3, 0.4) is 0 Å². The molecule has 0 aliphatic rings. The summed E-state index contributed by atoms with van der Waals surface area (Å²) in [5.74, 6) is 0.540. The minimum absolute atomic E-state index is 0.0554. The van der Waals surface area contributed by atoms with E-state index < -0.39 is 25.1 Å². The summed E-state index contributed by atoms with van der Waals surface area (Å²) in [6, 6.07) is 24.3. The lowest BCUT2D eigenvalue weighted by atomic mass is 9.78. The molecular formula is C47H64O6S2. The van der Waals surface area contributed by atoms with Gasteiger partial charge in [-0.25, -0.2) is 16.8 Å². The molecule has 0 aliphatic carbocycles. The fourth-order valence-electron chi connectivity index (χ4n) is 7.10. The van der Waals surface area contributed by atoms with Crippen LogP contribution in [-0.2, 0) is 25.1 Å². The number of rotatable bonds is 24. The van der Waals surface area contributed by atoms with Crippen LogP contribution in [0.4, 0.5) is 0 Å². The van der Waals surface area contributed by atoms with Crippen LogP contribution in [0.15, 0.2) is 105 Å². The first-order chi connectivity index (χ1) is 26.3. The molecule has 55 heavy (non-hydrogen) atoms. The molecule has 0 fully saturated rings. The largest absolute Gasteiger partial charge is 0.492 e. The highest BCUT2D eigenvalue weighted by Crippen LogP contribution is 2.46. The van der Waals surface area contributed by atoms with Crippen LogP contribution in [0.2, 0.25) is 0 Å². The van der Waals surface area contributed by atoms with E-state index in [4.69, 9.17) is 9.47 Å². The lowest BCUT2D eigenvalue weighted by Gasteiger charge is -2.32. The van der Waals surface area contributed by atoms with Gasteiger partial charge in [0.15, 0.2) is 0 Å². The van der Waals surface area contributed by atoms with Crippen molar-refractivity contribution in [3.8, 4) is 11.5 Å². The van der Waals surface area contributed by atoms with Gasteiger partial charge in [0.1, 0.15) is 21.3 Å². The van der Waals surface area contributed by atoms with Crippen molar-refractivity contribution >= 4 is 19.7 Å². The zero-order valence-corrected chi connectivity index (χ0v) is 35.8. The Morgan fingerprint density at radius 2 is 0.782 bits per heavy atom. The molecule has 4 rings (SSSR count). The van der Waals surface area contributed by atoms with E-state index in [0.29, 0.717) is 24.3 Å². The van der Waals surface area contributed by atoms with Crippen LogP contribution in [0.1, 0.15) is 140 Å². The maximum atomic E-state index is 14.8. The summed E-state index contributed by atoms with van der Waals surface area (Å²) < 4.78 is 71.8. The van der Waals surface area contributed by atoms with Crippen LogP contribution in [0.25, 0.3) is 0 Å². The zero-order chi connectivity index (χ0) is 39.9. The van der Waals surface area contributed by atoms with Crippen LogP contribution in [0, 0.1) is 13.8 Å². The monoisotopic (exact) mass is 788 g/mol. The number of hydrogen-bond acceptors (Lipinski definition) is 6. The molecule has 0 spiro atoms. The van der Waals surface area contributed by atoms with E-state index in [1.807, 2.05) is 27.7 Å². The van der Waals surface area contributed by atoms with Crippen molar-refractivity contribution in [2.24, 2.45) is 0 Å². The number of sulfone groups is 2. The van der Waals surface area contributed by atoms with E-state index in [1.54, 1.807) is 84.9 Å². The number of aryl methyl sites for hydroxylation is 2. The van der Waals surface area contributed by atoms with E-state index in [0.717, 1.165) is 49.7 Å². The van der Waals surface area contributed by atoms with Crippen LogP contribution in [0.5, 0.6) is 11.5 Å². The summed E-state index contributed by atoms with van der Waals surface area (Å²) in [5.41, 5.74) is 1.67. The van der Waals surface area contributed by atoms with Crippen molar-refractivity contribution in [3.63, 3.8) is 0 Å². The molecule has 0 saturated heterocycles. The van der Waals surface area contributed by atoms with Crippen LogP contribution in [-0.4, -0.2) is 30.0 Å². The van der Waals surface area contributed by atoms with Gasteiger partial charge in [-0.2, -0.15) is 0 Å². The number of unbranched alkanes of at least 4 members (excludes halogenated alkanes) is 12. The highest BCUT2D eigenvalue weighted by atomic mass is 32.2. The number of ether oxygens (including phenoxy) is 2. The standard InChI is InChI=1S/C47H64O6S2/c1-7-9-11-13-15-17-19-35-52-43-25-21-23-41(45(43)54(48,49)39-31-27-37(3)28-32-39)47(5,6)42-24-22-26-44(53-36-20-18-16-14-12-10-8-2)46(42)55(50,51)40-33-29-38(4)30-34-40/h21-34H,7-20,35-36H2,1-6H3. The molecule has 0 aliphatic heterocycles. The van der Waals surface area contributed by atoms with Gasteiger partial charge in [-0.1, -0.05) is 164 Å². The normalized spacial score (nSPS) is 12.2. The third-order valence-electron chi connectivity index (χ3n) is 10.5. The summed E-state index contributed by atoms with van der Waals surface area (Å²) in [5, 5.41) is 0. The fraction of sp³-hybridized carbons (Fsp3) is 0.489. The van der Waals surface area contributed by atoms with Crippen molar-refractivity contribution in [1.29, 1.82) is 0 Å². The Morgan fingerprint density at radius 3 is 1.13 bits per heavy atom. The Labute approximate surface area is 332 Å². The van der Waals surface area contributed by atoms with Gasteiger partial charge < -0.3 is 9.47 Å². The van der Waals surface area contributed by atoms with Gasteiger partial charge in [0.25, 0.3) is 0 Å². The molecule has 6 nitrogen and oxygen atoms in total. The molecule has 4 aromatic rings. The Bertz CT molecular complexity index is 1850. The van der Waals surface area contributed by atoms with E-state index >= 15 is 0 Å². The lowest BCUT2D eigenvalue weighted by molar-refractivity contribution is 0.294. The first-order valence-corrected chi connectivity index (χ1v) is 23.5. The first-order valence-electron chi connectivity index (χ1n) is 20.5. The van der Waals surface area contributed by atoms with Gasteiger partial charge >= 0.3 is 0 Å². The molecular weight excluding hydrogens is 725 g/mol. The Kier molecular flexibility index (Phi) is 16.9. The molecule has 0 radical (unpaired) electrons. The molecule has 0 heterocycles. The van der Waals surface area contributed by atoms with Gasteiger partial charge in [-0.3, -0.25) is 0 Å². The van der Waals surface area contributed by atoms with Crippen molar-refractivity contribution < 1.29 is 26.3 Å². The summed E-state index contributed by atoms with van der Waals surface area (Å²) in [6.07, 6.45) is 15.5. The average molecular weight is 789 g/mol. The minimum Gasteiger partial charge on any atom is -0.492 e. The van der Waals surface area contributed by atoms with Crippen molar-refractivity contribution in [3.05, 3.63) is 107 Å². The predicted molar refractivity (Wildman–Crippen MR) is 225 cm³/mol. The highest BCUT2D eigenvalue weighted by molar-refractivity contribution is 7.92. The SMILES string of the molecule is CCCCCCCCCOc1cccc(C(C)(C)c2cccc(OCCCCCCCCC)c2S(=O)(=O)c2ccc(C)cc2)c1S(=O)(=O)c1ccc(C)cc1. The third-order valence-corrected chi connectivity index (χ3v) is 14.2. The Balaban J connectivity index is 1.81. The van der Waals surface area contributed by atoms with E-state index in [1.165, 1.54) is 51.4 Å². The summed E-state index contributed by atoms with van der Waals surface area (Å²) in [7, 11) is -8.23. The lowest BCUT2D eigenvalue weighted by Crippen LogP contribution is -2.26. The molecule has 0 N–H and O–H groups in total. The van der Waals surface area contributed by atoms with Crippen LogP contribution < -0.4 is 9.47 Å². The Hall–Kier alpha value is -3.62. The predicted octanol–water partition coefficient (Wildman–Crippen LogP) is 12.6. The Morgan fingerprint density at radius 1 is 0.455 bits per heavy atom. The average Bonchev–Trinajstić information content (AvgIpc) is 3.17. The molecule has 0 atom stereocenters. The van der Waals surface area contributed by atoms with Gasteiger partial charge in [-0.05, 0) is 74.2 Å². The minimum atomic E-state index is -4.12. The topological polar surface area (TPSA) is 86.7 Å². The summed E-state index contributed by atoms with van der Waals surface area (Å²) in [6.45, 7) is 12.8. The quantitative estimate of drug-likeness (QED) is 0.0657. The maximum absolute atomic E-state index is 14.8. The molecule has 8 heteroatoms.